The smallest absolute Gasteiger partial charge is 0.239 e. The highest BCUT2D eigenvalue weighted by molar-refractivity contribution is 5.86. The number of carbonyl (C=O) groups is 2. The van der Waals surface area contributed by atoms with Gasteiger partial charge in [-0.15, -0.1) is 12.4 Å². The maximum absolute atomic E-state index is 12.5. The molecule has 2 amide bonds. The number of halogens is 1. The first kappa shape index (κ1) is 19.7. The van der Waals surface area contributed by atoms with Crippen molar-refractivity contribution in [3.8, 4) is 0 Å². The molecule has 0 unspecified atom stereocenters. The lowest BCUT2D eigenvalue weighted by molar-refractivity contribution is -0.128. The monoisotopic (exact) mass is 369 g/mol. The minimum absolute atomic E-state index is 0. The van der Waals surface area contributed by atoms with Crippen LogP contribution >= 0.6 is 12.4 Å². The number of carbonyl (C=O) groups excluding carboxylic acids is 2. The molecule has 25 heavy (non-hydrogen) atoms. The highest BCUT2D eigenvalue weighted by Crippen LogP contribution is 2.27. The Bertz CT molecular complexity index is 585. The molecule has 0 radical (unpaired) electrons. The van der Waals surface area contributed by atoms with E-state index in [1.807, 2.05) is 19.4 Å². The zero-order chi connectivity index (χ0) is 16.9. The summed E-state index contributed by atoms with van der Waals surface area (Å²) in [7, 11) is 1.87. The van der Waals surface area contributed by atoms with E-state index in [1.54, 1.807) is 4.68 Å². The summed E-state index contributed by atoms with van der Waals surface area (Å²) in [6, 6.07) is 0.277. The molecule has 2 heterocycles. The van der Waals surface area contributed by atoms with Crippen LogP contribution < -0.4 is 16.0 Å². The van der Waals surface area contributed by atoms with Crippen LogP contribution in [0.15, 0.2) is 12.4 Å². The first-order chi connectivity index (χ1) is 11.6. The molecular weight excluding hydrogens is 342 g/mol. The predicted octanol–water partition coefficient (Wildman–Crippen LogP) is 0.710. The molecule has 1 aromatic rings. The van der Waals surface area contributed by atoms with Crippen molar-refractivity contribution in [2.75, 3.05) is 19.6 Å². The number of amides is 2. The minimum atomic E-state index is -0.156. The Labute approximate surface area is 154 Å². The fourth-order valence-corrected chi connectivity index (χ4v) is 3.76. The van der Waals surface area contributed by atoms with E-state index in [0.717, 1.165) is 24.9 Å². The number of hydrogen-bond donors (Lipinski definition) is 3. The highest BCUT2D eigenvalue weighted by atomic mass is 35.5. The molecule has 2 atom stereocenters. The molecule has 140 valence electrons. The summed E-state index contributed by atoms with van der Waals surface area (Å²) >= 11 is 0. The maximum atomic E-state index is 12.5. The molecule has 1 aliphatic heterocycles. The molecule has 3 N–H and O–H groups in total. The minimum Gasteiger partial charge on any atom is -0.352 e. The second-order valence-corrected chi connectivity index (χ2v) is 6.94. The largest absolute Gasteiger partial charge is 0.352 e. The molecule has 3 rings (SSSR count). The molecule has 8 heteroatoms. The summed E-state index contributed by atoms with van der Waals surface area (Å²) in [5.74, 6) is -0.191. The zero-order valence-corrected chi connectivity index (χ0v) is 15.5. The lowest BCUT2D eigenvalue weighted by atomic mass is 9.90. The average molecular weight is 370 g/mol. The van der Waals surface area contributed by atoms with Gasteiger partial charge in [0.15, 0.2) is 0 Å². The fraction of sp³-hybridized carbons (Fsp3) is 0.706. The first-order valence-electron chi connectivity index (χ1n) is 8.90. The zero-order valence-electron chi connectivity index (χ0n) is 14.7. The van der Waals surface area contributed by atoms with Crippen LogP contribution in [0.4, 0.5) is 0 Å². The van der Waals surface area contributed by atoms with Crippen molar-refractivity contribution in [2.45, 2.75) is 44.1 Å². The Morgan fingerprint density at radius 3 is 2.72 bits per heavy atom. The van der Waals surface area contributed by atoms with E-state index in [-0.39, 0.29) is 48.6 Å². The molecule has 1 aromatic heterocycles. The van der Waals surface area contributed by atoms with Crippen LogP contribution in [0.25, 0.3) is 0 Å². The van der Waals surface area contributed by atoms with Gasteiger partial charge in [0, 0.05) is 38.3 Å². The van der Waals surface area contributed by atoms with Crippen molar-refractivity contribution < 1.29 is 9.59 Å². The molecule has 1 saturated heterocycles. The first-order valence-corrected chi connectivity index (χ1v) is 8.90. The molecule has 2 fully saturated rings. The highest BCUT2D eigenvalue weighted by Gasteiger charge is 2.34. The molecular formula is C17H28ClN5O2. The molecule has 2 aliphatic rings. The lowest BCUT2D eigenvalue weighted by Crippen LogP contribution is -2.44. The quantitative estimate of drug-likeness (QED) is 0.713. The Morgan fingerprint density at radius 1 is 1.28 bits per heavy atom. The van der Waals surface area contributed by atoms with E-state index in [0.29, 0.717) is 6.54 Å². The average Bonchev–Trinajstić information content (AvgIpc) is 3.22. The fourth-order valence-electron chi connectivity index (χ4n) is 3.76. The molecule has 1 aliphatic carbocycles. The van der Waals surface area contributed by atoms with Crippen LogP contribution in [0.2, 0.25) is 0 Å². The molecule has 1 saturated carbocycles. The van der Waals surface area contributed by atoms with Gasteiger partial charge in [-0.25, -0.2) is 0 Å². The van der Waals surface area contributed by atoms with Gasteiger partial charge in [-0.05, 0) is 18.4 Å². The van der Waals surface area contributed by atoms with E-state index >= 15 is 0 Å². The van der Waals surface area contributed by atoms with Crippen LogP contribution in [-0.2, 0) is 16.6 Å². The Balaban J connectivity index is 0.00000225. The van der Waals surface area contributed by atoms with Crippen LogP contribution in [0, 0.1) is 5.92 Å². The van der Waals surface area contributed by atoms with Crippen molar-refractivity contribution in [2.24, 2.45) is 13.0 Å². The Kier molecular flexibility index (Phi) is 7.25. The summed E-state index contributed by atoms with van der Waals surface area (Å²) in [6.07, 6.45) is 9.48. The van der Waals surface area contributed by atoms with Gasteiger partial charge in [0.05, 0.1) is 18.7 Å². The van der Waals surface area contributed by atoms with Crippen molar-refractivity contribution in [1.82, 2.24) is 25.7 Å². The SMILES string of the molecule is Cl.Cn1cc([C@H]2CNC[C@@H]2C(=O)NCC(=O)NC2CCCCC2)cn1. The normalized spacial score (nSPS) is 23.7. The van der Waals surface area contributed by atoms with E-state index in [2.05, 4.69) is 21.0 Å². The van der Waals surface area contributed by atoms with Gasteiger partial charge in [-0.2, -0.15) is 5.10 Å². The van der Waals surface area contributed by atoms with Gasteiger partial charge in [-0.3, -0.25) is 14.3 Å². The Hall–Kier alpha value is -1.60. The third kappa shape index (κ3) is 5.19. The van der Waals surface area contributed by atoms with Crippen molar-refractivity contribution in [3.05, 3.63) is 18.0 Å². The molecule has 7 nitrogen and oxygen atoms in total. The Morgan fingerprint density at radius 2 is 2.04 bits per heavy atom. The van der Waals surface area contributed by atoms with Gasteiger partial charge in [0.2, 0.25) is 11.8 Å². The van der Waals surface area contributed by atoms with E-state index < -0.39 is 0 Å². The molecule has 0 bridgehead atoms. The lowest BCUT2D eigenvalue weighted by Gasteiger charge is -2.23. The number of aromatic nitrogens is 2. The number of nitrogens with zero attached hydrogens (tertiary/aromatic N) is 2. The second kappa shape index (κ2) is 9.20. The second-order valence-electron chi connectivity index (χ2n) is 6.94. The summed E-state index contributed by atoms with van der Waals surface area (Å²) in [5, 5.41) is 13.3. The van der Waals surface area contributed by atoms with E-state index in [1.165, 1.54) is 19.3 Å². The van der Waals surface area contributed by atoms with E-state index in [9.17, 15) is 9.59 Å². The standard InChI is InChI=1S/C17H27N5O2.ClH/c1-22-11-12(7-20-22)14-8-18-9-15(14)17(24)19-10-16(23)21-13-5-3-2-4-6-13;/h7,11,13-15,18H,2-6,8-10H2,1H3,(H,19,24)(H,21,23);1H/t14-,15+;/m1./s1. The van der Waals surface area contributed by atoms with Gasteiger partial charge < -0.3 is 16.0 Å². The van der Waals surface area contributed by atoms with Crippen molar-refractivity contribution in [3.63, 3.8) is 0 Å². The predicted molar refractivity (Wildman–Crippen MR) is 97.6 cm³/mol. The summed E-state index contributed by atoms with van der Waals surface area (Å²) in [4.78, 5) is 24.5. The summed E-state index contributed by atoms with van der Waals surface area (Å²) in [6.45, 7) is 1.46. The third-order valence-electron chi connectivity index (χ3n) is 5.10. The van der Waals surface area contributed by atoms with Gasteiger partial charge in [0.1, 0.15) is 0 Å². The summed E-state index contributed by atoms with van der Waals surface area (Å²) < 4.78 is 1.75. The summed E-state index contributed by atoms with van der Waals surface area (Å²) in [5.41, 5.74) is 1.06. The van der Waals surface area contributed by atoms with E-state index in [4.69, 9.17) is 0 Å². The number of nitrogens with one attached hydrogen (secondary N) is 3. The van der Waals surface area contributed by atoms with Crippen LogP contribution in [0.3, 0.4) is 0 Å². The van der Waals surface area contributed by atoms with Crippen LogP contribution in [-0.4, -0.2) is 47.3 Å². The maximum Gasteiger partial charge on any atom is 0.239 e. The van der Waals surface area contributed by atoms with Crippen molar-refractivity contribution in [1.29, 1.82) is 0 Å². The van der Waals surface area contributed by atoms with Crippen molar-refractivity contribution >= 4 is 24.2 Å². The number of aryl methyl sites for hydroxylation is 1. The van der Waals surface area contributed by atoms with Gasteiger partial charge in [-0.1, -0.05) is 19.3 Å². The topological polar surface area (TPSA) is 88.0 Å². The number of rotatable bonds is 5. The molecule has 0 aromatic carbocycles. The van der Waals surface area contributed by atoms with Crippen LogP contribution in [0.1, 0.15) is 43.6 Å². The number of hydrogen-bond acceptors (Lipinski definition) is 4. The third-order valence-corrected chi connectivity index (χ3v) is 5.10. The van der Waals surface area contributed by atoms with Gasteiger partial charge in [0.25, 0.3) is 0 Å². The molecule has 0 spiro atoms. The van der Waals surface area contributed by atoms with Gasteiger partial charge >= 0.3 is 0 Å². The van der Waals surface area contributed by atoms with Crippen LogP contribution in [0.5, 0.6) is 0 Å².